The third-order valence-corrected chi connectivity index (χ3v) is 3.23. The van der Waals surface area contributed by atoms with Crippen molar-refractivity contribution in [2.75, 3.05) is 7.11 Å². The Morgan fingerprint density at radius 3 is 2.53 bits per heavy atom. The Hall–Kier alpha value is -1.81. The van der Waals surface area contributed by atoms with E-state index in [1.165, 1.54) is 6.92 Å². The van der Waals surface area contributed by atoms with E-state index in [1.807, 2.05) is 24.3 Å². The summed E-state index contributed by atoms with van der Waals surface area (Å²) >= 11 is 3.42. The Bertz CT molecular complexity index is 608. The van der Waals surface area contributed by atoms with Gasteiger partial charge in [-0.25, -0.2) is 0 Å². The van der Waals surface area contributed by atoms with Gasteiger partial charge in [0.15, 0.2) is 5.78 Å². The summed E-state index contributed by atoms with van der Waals surface area (Å²) in [5.41, 5.74) is 0.627. The zero-order valence-electron chi connectivity index (χ0n) is 10.6. The molecule has 19 heavy (non-hydrogen) atoms. The third-order valence-electron chi connectivity index (χ3n) is 2.61. The van der Waals surface area contributed by atoms with Crippen LogP contribution >= 0.6 is 15.9 Å². The molecule has 0 aromatic heterocycles. The summed E-state index contributed by atoms with van der Waals surface area (Å²) in [5, 5.41) is 0. The monoisotopic (exact) mass is 320 g/mol. The van der Waals surface area contributed by atoms with Crippen LogP contribution in [0.5, 0.6) is 17.2 Å². The van der Waals surface area contributed by atoms with Crippen LogP contribution in [-0.2, 0) is 0 Å². The molecule has 0 aliphatic carbocycles. The number of hydrogen-bond donors (Lipinski definition) is 0. The molecule has 0 amide bonds. The van der Waals surface area contributed by atoms with Gasteiger partial charge in [-0.15, -0.1) is 0 Å². The molecule has 0 atom stereocenters. The van der Waals surface area contributed by atoms with Crippen molar-refractivity contribution in [1.29, 1.82) is 0 Å². The van der Waals surface area contributed by atoms with E-state index in [1.54, 1.807) is 25.3 Å². The smallest absolute Gasteiger partial charge is 0.159 e. The summed E-state index contributed by atoms with van der Waals surface area (Å²) in [7, 11) is 1.61. The van der Waals surface area contributed by atoms with Crippen molar-refractivity contribution >= 4 is 21.7 Å². The third kappa shape index (κ3) is 3.35. The lowest BCUT2D eigenvalue weighted by atomic mass is 10.1. The highest BCUT2D eigenvalue weighted by molar-refractivity contribution is 9.10. The van der Waals surface area contributed by atoms with Crippen molar-refractivity contribution in [2.24, 2.45) is 0 Å². The molecule has 3 nitrogen and oxygen atoms in total. The van der Waals surface area contributed by atoms with Crippen molar-refractivity contribution in [2.45, 2.75) is 6.92 Å². The van der Waals surface area contributed by atoms with Gasteiger partial charge in [-0.1, -0.05) is 12.1 Å². The number of methoxy groups -OCH3 is 1. The van der Waals surface area contributed by atoms with E-state index < -0.39 is 0 Å². The van der Waals surface area contributed by atoms with Crippen LogP contribution in [0.15, 0.2) is 46.9 Å². The summed E-state index contributed by atoms with van der Waals surface area (Å²) in [4.78, 5) is 11.3. The van der Waals surface area contributed by atoms with Crippen LogP contribution in [0.1, 0.15) is 17.3 Å². The number of ether oxygens (including phenoxy) is 2. The number of carbonyl (C=O) groups is 1. The van der Waals surface area contributed by atoms with Crippen LogP contribution in [0.2, 0.25) is 0 Å². The molecule has 0 unspecified atom stereocenters. The molecule has 0 fully saturated rings. The molecule has 0 saturated carbocycles. The average molecular weight is 321 g/mol. The second-order valence-electron chi connectivity index (χ2n) is 3.98. The van der Waals surface area contributed by atoms with Crippen molar-refractivity contribution in [1.82, 2.24) is 0 Å². The molecular weight excluding hydrogens is 308 g/mol. The van der Waals surface area contributed by atoms with E-state index in [0.717, 1.165) is 10.2 Å². The maximum Gasteiger partial charge on any atom is 0.159 e. The molecule has 2 aromatic carbocycles. The Labute approximate surface area is 120 Å². The minimum absolute atomic E-state index is 0.0132. The molecule has 4 heteroatoms. The van der Waals surface area contributed by atoms with E-state index in [9.17, 15) is 4.79 Å². The van der Waals surface area contributed by atoms with Gasteiger partial charge in [0.25, 0.3) is 0 Å². The molecule has 0 heterocycles. The standard InChI is InChI=1S/C15H13BrO3/c1-10(17)11-4-3-5-13(8-11)19-15-7-6-12(18-2)9-14(15)16/h3-9H,1-2H3. The molecule has 0 aliphatic rings. The molecule has 0 radical (unpaired) electrons. The molecule has 2 rings (SSSR count). The van der Waals surface area contributed by atoms with Gasteiger partial charge < -0.3 is 9.47 Å². The van der Waals surface area contributed by atoms with E-state index in [0.29, 0.717) is 17.1 Å². The zero-order chi connectivity index (χ0) is 13.8. The van der Waals surface area contributed by atoms with Crippen molar-refractivity contribution < 1.29 is 14.3 Å². The number of Topliss-reactive ketones (excluding diaryl/α,β-unsaturated/α-hetero) is 1. The Kier molecular flexibility index (Phi) is 4.22. The number of rotatable bonds is 4. The molecule has 0 spiro atoms. The highest BCUT2D eigenvalue weighted by Crippen LogP contribution is 2.32. The summed E-state index contributed by atoms with van der Waals surface area (Å²) < 4.78 is 11.7. The van der Waals surface area contributed by atoms with Gasteiger partial charge >= 0.3 is 0 Å². The van der Waals surface area contributed by atoms with Crippen LogP contribution < -0.4 is 9.47 Å². The van der Waals surface area contributed by atoms with Gasteiger partial charge in [0.1, 0.15) is 17.2 Å². The molecule has 2 aromatic rings. The van der Waals surface area contributed by atoms with Gasteiger partial charge in [0, 0.05) is 5.56 Å². The Morgan fingerprint density at radius 2 is 1.89 bits per heavy atom. The first kappa shape index (κ1) is 13.6. The normalized spacial score (nSPS) is 10.1. The topological polar surface area (TPSA) is 35.5 Å². The molecule has 0 bridgehead atoms. The molecule has 0 saturated heterocycles. The van der Waals surface area contributed by atoms with E-state index in [-0.39, 0.29) is 5.78 Å². The number of halogens is 1. The van der Waals surface area contributed by atoms with E-state index in [4.69, 9.17) is 9.47 Å². The van der Waals surface area contributed by atoms with Crippen LogP contribution in [0, 0.1) is 0 Å². The van der Waals surface area contributed by atoms with Crippen LogP contribution in [0.4, 0.5) is 0 Å². The Morgan fingerprint density at radius 1 is 1.11 bits per heavy atom. The van der Waals surface area contributed by atoms with Gasteiger partial charge in [-0.2, -0.15) is 0 Å². The minimum atomic E-state index is 0.0132. The van der Waals surface area contributed by atoms with Crippen molar-refractivity contribution in [3.63, 3.8) is 0 Å². The highest BCUT2D eigenvalue weighted by atomic mass is 79.9. The largest absolute Gasteiger partial charge is 0.497 e. The molecule has 98 valence electrons. The summed E-state index contributed by atoms with van der Waals surface area (Å²) in [6, 6.07) is 12.5. The van der Waals surface area contributed by atoms with Gasteiger partial charge in [0.05, 0.1) is 11.6 Å². The van der Waals surface area contributed by atoms with Gasteiger partial charge in [-0.3, -0.25) is 4.79 Å². The number of hydrogen-bond acceptors (Lipinski definition) is 3. The van der Waals surface area contributed by atoms with Crippen molar-refractivity contribution in [3.05, 3.63) is 52.5 Å². The maximum atomic E-state index is 11.3. The lowest BCUT2D eigenvalue weighted by Gasteiger charge is -2.09. The predicted octanol–water partition coefficient (Wildman–Crippen LogP) is 4.45. The number of ketones is 1. The predicted molar refractivity (Wildman–Crippen MR) is 77.2 cm³/mol. The fourth-order valence-corrected chi connectivity index (χ4v) is 2.04. The van der Waals surface area contributed by atoms with Crippen LogP contribution in [0.25, 0.3) is 0 Å². The van der Waals surface area contributed by atoms with E-state index in [2.05, 4.69) is 15.9 Å². The quantitative estimate of drug-likeness (QED) is 0.780. The van der Waals surface area contributed by atoms with Crippen LogP contribution in [0.3, 0.4) is 0 Å². The molecular formula is C15H13BrO3. The van der Waals surface area contributed by atoms with Crippen LogP contribution in [-0.4, -0.2) is 12.9 Å². The maximum absolute atomic E-state index is 11.3. The zero-order valence-corrected chi connectivity index (χ0v) is 12.2. The SMILES string of the molecule is COc1ccc(Oc2cccc(C(C)=O)c2)c(Br)c1. The average Bonchev–Trinajstić information content (AvgIpc) is 2.41. The summed E-state index contributed by atoms with van der Waals surface area (Å²) in [6.45, 7) is 1.53. The first-order valence-electron chi connectivity index (χ1n) is 5.72. The first-order chi connectivity index (χ1) is 9.10. The van der Waals surface area contributed by atoms with Gasteiger partial charge in [0.2, 0.25) is 0 Å². The Balaban J connectivity index is 2.26. The highest BCUT2D eigenvalue weighted by Gasteiger charge is 2.06. The molecule has 0 N–H and O–H groups in total. The lowest BCUT2D eigenvalue weighted by Crippen LogP contribution is -1.93. The summed E-state index contributed by atoms with van der Waals surface area (Å²) in [6.07, 6.45) is 0. The second-order valence-corrected chi connectivity index (χ2v) is 4.84. The second kappa shape index (κ2) is 5.89. The number of carbonyl (C=O) groups excluding carboxylic acids is 1. The molecule has 0 aliphatic heterocycles. The summed E-state index contributed by atoms with van der Waals surface area (Å²) in [5.74, 6) is 2.05. The first-order valence-corrected chi connectivity index (χ1v) is 6.52. The van der Waals surface area contributed by atoms with Gasteiger partial charge in [-0.05, 0) is 53.2 Å². The van der Waals surface area contributed by atoms with Crippen molar-refractivity contribution in [3.8, 4) is 17.2 Å². The van der Waals surface area contributed by atoms with E-state index >= 15 is 0 Å². The number of benzene rings is 2. The lowest BCUT2D eigenvalue weighted by molar-refractivity contribution is 0.101. The minimum Gasteiger partial charge on any atom is -0.497 e. The fourth-order valence-electron chi connectivity index (χ4n) is 1.60. The fraction of sp³-hybridized carbons (Fsp3) is 0.133.